The van der Waals surface area contributed by atoms with Crippen molar-refractivity contribution in [2.24, 2.45) is 0 Å². The molecule has 0 aliphatic heterocycles. The molecule has 1 aromatic carbocycles. The van der Waals surface area contributed by atoms with Crippen LogP contribution in [-0.4, -0.2) is 17.7 Å². The van der Waals surface area contributed by atoms with Crippen LogP contribution in [0, 0.1) is 6.92 Å². The van der Waals surface area contributed by atoms with E-state index < -0.39 is 5.60 Å². The minimum atomic E-state index is -1.40. The molecule has 0 aliphatic carbocycles. The van der Waals surface area contributed by atoms with Gasteiger partial charge in [0.2, 0.25) is 0 Å². The van der Waals surface area contributed by atoms with Crippen LogP contribution >= 0.6 is 11.3 Å². The van der Waals surface area contributed by atoms with E-state index in [0.717, 1.165) is 5.56 Å². The first-order valence-electron chi connectivity index (χ1n) is 7.50. The van der Waals surface area contributed by atoms with Crippen LogP contribution in [0.4, 0.5) is 10.5 Å². The fraction of sp³-hybridized carbons (Fsp3) is 0.167. The molecular weight excluding hydrogens is 324 g/mol. The summed E-state index contributed by atoms with van der Waals surface area (Å²) in [6.07, 6.45) is 1.50. The van der Waals surface area contributed by atoms with Gasteiger partial charge in [-0.15, -0.1) is 11.3 Å². The van der Waals surface area contributed by atoms with Crippen molar-refractivity contribution < 1.29 is 14.3 Å². The minimum absolute atomic E-state index is 0.00127. The molecule has 5 nitrogen and oxygen atoms in total. The highest BCUT2D eigenvalue weighted by Gasteiger charge is 2.36. The van der Waals surface area contributed by atoms with E-state index in [1.54, 1.807) is 12.1 Å². The third-order valence-corrected chi connectivity index (χ3v) is 4.69. The van der Waals surface area contributed by atoms with E-state index in [0.29, 0.717) is 16.3 Å². The monoisotopic (exact) mass is 342 g/mol. The number of anilines is 1. The Hall–Kier alpha value is -2.57. The summed E-state index contributed by atoms with van der Waals surface area (Å²) >= 11 is 1.40. The topological polar surface area (TPSA) is 74.5 Å². The van der Waals surface area contributed by atoms with Gasteiger partial charge in [0.25, 0.3) is 0 Å². The standard InChI is InChI=1S/C18H18N2O3S/c1-13-6-8-14(9-7-13)20-17(21)19-12-18(22,15-4-2-10-23-15)16-5-3-11-24-16/h2-11,22H,12H2,1H3,(H2,19,20,21). The average molecular weight is 342 g/mol. The number of hydrogen-bond donors (Lipinski definition) is 3. The molecule has 1 atom stereocenters. The number of hydrogen-bond acceptors (Lipinski definition) is 4. The smallest absolute Gasteiger partial charge is 0.319 e. The van der Waals surface area contributed by atoms with E-state index in [4.69, 9.17) is 4.42 Å². The zero-order valence-electron chi connectivity index (χ0n) is 13.2. The predicted molar refractivity (Wildman–Crippen MR) is 94.2 cm³/mol. The van der Waals surface area contributed by atoms with E-state index in [1.165, 1.54) is 17.6 Å². The summed E-state index contributed by atoms with van der Waals surface area (Å²) < 4.78 is 5.37. The quantitative estimate of drug-likeness (QED) is 0.662. The molecular formula is C18H18N2O3S. The fourth-order valence-corrected chi connectivity index (χ4v) is 3.17. The Morgan fingerprint density at radius 3 is 2.62 bits per heavy atom. The first-order chi connectivity index (χ1) is 11.6. The Morgan fingerprint density at radius 2 is 2.00 bits per heavy atom. The Labute approximate surface area is 143 Å². The van der Waals surface area contributed by atoms with E-state index in [-0.39, 0.29) is 12.6 Å². The van der Waals surface area contributed by atoms with Crippen molar-refractivity contribution >= 4 is 23.1 Å². The highest BCUT2D eigenvalue weighted by Crippen LogP contribution is 2.32. The van der Waals surface area contributed by atoms with Crippen LogP contribution in [0.1, 0.15) is 16.2 Å². The van der Waals surface area contributed by atoms with Gasteiger partial charge in [0, 0.05) is 10.6 Å². The maximum absolute atomic E-state index is 12.1. The molecule has 2 amide bonds. The number of benzene rings is 1. The number of carbonyl (C=O) groups is 1. The van der Waals surface area contributed by atoms with Crippen molar-refractivity contribution in [1.29, 1.82) is 0 Å². The maximum atomic E-state index is 12.1. The van der Waals surface area contributed by atoms with Crippen LogP contribution < -0.4 is 10.6 Å². The molecule has 3 aromatic rings. The lowest BCUT2D eigenvalue weighted by atomic mass is 9.99. The van der Waals surface area contributed by atoms with Gasteiger partial charge in [-0.25, -0.2) is 4.79 Å². The number of thiophene rings is 1. The highest BCUT2D eigenvalue weighted by atomic mass is 32.1. The van der Waals surface area contributed by atoms with E-state index >= 15 is 0 Å². The zero-order chi connectivity index (χ0) is 17.0. The largest absolute Gasteiger partial charge is 0.466 e. The van der Waals surface area contributed by atoms with Crippen molar-refractivity contribution in [3.8, 4) is 0 Å². The van der Waals surface area contributed by atoms with Crippen LogP contribution in [0.3, 0.4) is 0 Å². The minimum Gasteiger partial charge on any atom is -0.466 e. The molecule has 1 unspecified atom stereocenters. The first-order valence-corrected chi connectivity index (χ1v) is 8.38. The highest BCUT2D eigenvalue weighted by molar-refractivity contribution is 7.10. The molecule has 3 N–H and O–H groups in total. The van der Waals surface area contributed by atoms with Crippen molar-refractivity contribution in [3.63, 3.8) is 0 Å². The van der Waals surface area contributed by atoms with E-state index in [1.807, 2.05) is 48.7 Å². The summed E-state index contributed by atoms with van der Waals surface area (Å²) in [6, 6.07) is 14.2. The average Bonchev–Trinajstić information content (AvgIpc) is 3.28. The second kappa shape index (κ2) is 6.90. The molecule has 6 heteroatoms. The maximum Gasteiger partial charge on any atom is 0.319 e. The van der Waals surface area contributed by atoms with Gasteiger partial charge in [0.15, 0.2) is 5.60 Å². The SMILES string of the molecule is Cc1ccc(NC(=O)NCC(O)(c2ccco2)c2cccs2)cc1. The summed E-state index contributed by atoms with van der Waals surface area (Å²) in [5.74, 6) is 0.389. The third-order valence-electron chi connectivity index (χ3n) is 3.67. The van der Waals surface area contributed by atoms with Crippen LogP contribution in [0.5, 0.6) is 0 Å². The van der Waals surface area contributed by atoms with Gasteiger partial charge < -0.3 is 20.2 Å². The van der Waals surface area contributed by atoms with Crippen LogP contribution in [0.2, 0.25) is 0 Å². The molecule has 2 heterocycles. The molecule has 124 valence electrons. The van der Waals surface area contributed by atoms with Crippen molar-refractivity contribution in [1.82, 2.24) is 5.32 Å². The molecule has 0 saturated heterocycles. The fourth-order valence-electron chi connectivity index (χ4n) is 2.34. The molecule has 0 spiro atoms. The lowest BCUT2D eigenvalue weighted by Gasteiger charge is -2.25. The molecule has 2 aromatic heterocycles. The van der Waals surface area contributed by atoms with E-state index in [2.05, 4.69) is 10.6 Å². The van der Waals surface area contributed by atoms with Gasteiger partial charge in [0.05, 0.1) is 12.8 Å². The number of urea groups is 1. The molecule has 3 rings (SSSR count). The second-order valence-electron chi connectivity index (χ2n) is 5.49. The summed E-state index contributed by atoms with van der Waals surface area (Å²) in [5.41, 5.74) is 0.407. The van der Waals surface area contributed by atoms with Crippen LogP contribution in [-0.2, 0) is 5.60 Å². The third kappa shape index (κ3) is 3.50. The Balaban J connectivity index is 1.70. The summed E-state index contributed by atoms with van der Waals surface area (Å²) in [7, 11) is 0. The number of aliphatic hydroxyl groups is 1. The molecule has 0 radical (unpaired) electrons. The summed E-state index contributed by atoms with van der Waals surface area (Å²) in [5, 5.41) is 18.4. The van der Waals surface area contributed by atoms with Gasteiger partial charge in [-0.05, 0) is 42.6 Å². The van der Waals surface area contributed by atoms with Gasteiger partial charge >= 0.3 is 6.03 Å². The van der Waals surface area contributed by atoms with Gasteiger partial charge in [-0.3, -0.25) is 0 Å². The number of amides is 2. The van der Waals surface area contributed by atoms with Gasteiger partial charge in [-0.2, -0.15) is 0 Å². The summed E-state index contributed by atoms with van der Waals surface area (Å²) in [4.78, 5) is 12.8. The Bertz CT molecular complexity index is 746. The van der Waals surface area contributed by atoms with Gasteiger partial charge in [0.1, 0.15) is 5.76 Å². The number of aryl methyl sites for hydroxylation is 1. The normalized spacial score (nSPS) is 13.2. The molecule has 24 heavy (non-hydrogen) atoms. The van der Waals surface area contributed by atoms with E-state index in [9.17, 15) is 9.90 Å². The molecule has 0 saturated carbocycles. The lowest BCUT2D eigenvalue weighted by molar-refractivity contribution is 0.0628. The lowest BCUT2D eigenvalue weighted by Crippen LogP contribution is -2.42. The zero-order valence-corrected chi connectivity index (χ0v) is 14.0. The number of carbonyl (C=O) groups excluding carboxylic acids is 1. The number of furan rings is 1. The van der Waals surface area contributed by atoms with Crippen LogP contribution in [0.25, 0.3) is 0 Å². The molecule has 0 aliphatic rings. The Morgan fingerprint density at radius 1 is 1.21 bits per heavy atom. The number of nitrogens with one attached hydrogen (secondary N) is 2. The van der Waals surface area contributed by atoms with Gasteiger partial charge in [-0.1, -0.05) is 23.8 Å². The van der Waals surface area contributed by atoms with Crippen molar-refractivity contribution in [2.75, 3.05) is 11.9 Å². The summed E-state index contributed by atoms with van der Waals surface area (Å²) in [6.45, 7) is 1.98. The molecule has 0 fully saturated rings. The predicted octanol–water partition coefficient (Wildman–Crippen LogP) is 3.71. The number of rotatable bonds is 5. The molecule has 0 bridgehead atoms. The van der Waals surface area contributed by atoms with Crippen molar-refractivity contribution in [3.05, 3.63) is 76.4 Å². The van der Waals surface area contributed by atoms with Crippen LogP contribution in [0.15, 0.2) is 64.6 Å². The second-order valence-corrected chi connectivity index (χ2v) is 6.44. The first kappa shape index (κ1) is 16.3. The van der Waals surface area contributed by atoms with Crippen molar-refractivity contribution in [2.45, 2.75) is 12.5 Å². The Kier molecular flexibility index (Phi) is 4.69.